The van der Waals surface area contributed by atoms with E-state index in [-0.39, 0.29) is 0 Å². The maximum absolute atomic E-state index is 9.26. The molecule has 4 heteroatoms. The van der Waals surface area contributed by atoms with Crippen LogP contribution in [-0.4, -0.2) is 16.7 Å². The van der Waals surface area contributed by atoms with Crippen molar-refractivity contribution >= 4 is 5.82 Å². The van der Waals surface area contributed by atoms with Crippen molar-refractivity contribution < 1.29 is 0 Å². The Kier molecular flexibility index (Phi) is 3.14. The molecule has 2 aliphatic carbocycles. The van der Waals surface area contributed by atoms with Crippen LogP contribution in [0.2, 0.25) is 0 Å². The average molecular weight is 256 g/mol. The summed E-state index contributed by atoms with van der Waals surface area (Å²) in [5.41, 5.74) is 2.42. The number of nitrogens with zero attached hydrogens (tertiary/aromatic N) is 3. The first-order valence-corrected chi connectivity index (χ1v) is 7.17. The molecule has 1 aromatic rings. The van der Waals surface area contributed by atoms with Gasteiger partial charge in [0.25, 0.3) is 0 Å². The van der Waals surface area contributed by atoms with Crippen LogP contribution in [0.3, 0.4) is 0 Å². The van der Waals surface area contributed by atoms with Crippen molar-refractivity contribution in [2.75, 3.05) is 11.9 Å². The maximum atomic E-state index is 9.26. The lowest BCUT2D eigenvalue weighted by Crippen LogP contribution is -2.21. The van der Waals surface area contributed by atoms with E-state index < -0.39 is 0 Å². The van der Waals surface area contributed by atoms with Crippen molar-refractivity contribution in [1.29, 1.82) is 5.26 Å². The number of rotatable bonds is 3. The van der Waals surface area contributed by atoms with Gasteiger partial charge in [-0.25, -0.2) is 0 Å². The molecule has 3 rings (SSSR count). The molecular weight excluding hydrogens is 236 g/mol. The molecule has 2 bridgehead atoms. The van der Waals surface area contributed by atoms with Crippen LogP contribution >= 0.6 is 0 Å². The third kappa shape index (κ3) is 2.18. The number of hydrogen-bond acceptors (Lipinski definition) is 4. The van der Waals surface area contributed by atoms with Crippen molar-refractivity contribution in [2.45, 2.75) is 39.5 Å². The second-order valence-corrected chi connectivity index (χ2v) is 6.06. The highest BCUT2D eigenvalue weighted by atomic mass is 15.2. The largest absolute Gasteiger partial charge is 0.367 e. The molecule has 0 radical (unpaired) electrons. The summed E-state index contributed by atoms with van der Waals surface area (Å²) < 4.78 is 0. The zero-order valence-corrected chi connectivity index (χ0v) is 11.6. The minimum Gasteiger partial charge on any atom is -0.367 e. The average Bonchev–Trinajstić information content (AvgIpc) is 3.02. The Hall–Kier alpha value is -1.63. The lowest BCUT2D eigenvalue weighted by Gasteiger charge is -2.22. The van der Waals surface area contributed by atoms with E-state index in [0.29, 0.717) is 11.4 Å². The number of nitrogens with one attached hydrogen (secondary N) is 1. The van der Waals surface area contributed by atoms with E-state index in [2.05, 4.69) is 21.6 Å². The fourth-order valence-corrected chi connectivity index (χ4v) is 3.72. The first-order valence-electron chi connectivity index (χ1n) is 7.17. The van der Waals surface area contributed by atoms with Gasteiger partial charge in [0.15, 0.2) is 5.82 Å². The van der Waals surface area contributed by atoms with Crippen LogP contribution in [-0.2, 0) is 0 Å². The molecule has 1 heterocycles. The standard InChI is InChI=1S/C15H20N4/c1-9-10(2)18-19-15(14(9)7-16)17-8-13-6-11-3-4-12(13)5-11/h11-13H,3-6,8H2,1-2H3,(H,17,19). The Labute approximate surface area is 114 Å². The fraction of sp³-hybridized carbons (Fsp3) is 0.667. The lowest BCUT2D eigenvalue weighted by atomic mass is 9.89. The van der Waals surface area contributed by atoms with E-state index in [4.69, 9.17) is 0 Å². The normalized spacial score (nSPS) is 28.4. The van der Waals surface area contributed by atoms with Gasteiger partial charge in [0.2, 0.25) is 0 Å². The Morgan fingerprint density at radius 3 is 2.74 bits per heavy atom. The second kappa shape index (κ2) is 4.80. The van der Waals surface area contributed by atoms with E-state index in [1.54, 1.807) is 0 Å². The summed E-state index contributed by atoms with van der Waals surface area (Å²) in [5, 5.41) is 20.9. The number of aryl methyl sites for hydroxylation is 1. The number of hydrogen-bond donors (Lipinski definition) is 1. The molecule has 100 valence electrons. The summed E-state index contributed by atoms with van der Waals surface area (Å²) in [5.74, 6) is 3.27. The van der Waals surface area contributed by atoms with Gasteiger partial charge in [0.1, 0.15) is 11.6 Å². The number of nitriles is 1. The van der Waals surface area contributed by atoms with Crippen molar-refractivity contribution in [2.24, 2.45) is 17.8 Å². The second-order valence-electron chi connectivity index (χ2n) is 6.06. The molecule has 3 unspecified atom stereocenters. The maximum Gasteiger partial charge on any atom is 0.166 e. The Bertz CT molecular complexity index is 532. The molecule has 4 nitrogen and oxygen atoms in total. The third-order valence-corrected chi connectivity index (χ3v) is 4.98. The monoisotopic (exact) mass is 256 g/mol. The highest BCUT2D eigenvalue weighted by molar-refractivity contribution is 5.55. The number of fused-ring (bicyclic) bond motifs is 2. The first kappa shape index (κ1) is 12.4. The third-order valence-electron chi connectivity index (χ3n) is 4.98. The number of aromatic nitrogens is 2. The van der Waals surface area contributed by atoms with Gasteiger partial charge in [-0.1, -0.05) is 6.42 Å². The molecule has 2 aliphatic rings. The van der Waals surface area contributed by atoms with Crippen LogP contribution in [0.15, 0.2) is 0 Å². The predicted octanol–water partition coefficient (Wildman–Crippen LogP) is 2.81. The molecule has 0 aliphatic heterocycles. The van der Waals surface area contributed by atoms with Gasteiger partial charge in [0.05, 0.1) is 5.69 Å². The molecule has 0 aromatic carbocycles. The van der Waals surface area contributed by atoms with E-state index in [9.17, 15) is 5.26 Å². The van der Waals surface area contributed by atoms with Gasteiger partial charge in [-0.05, 0) is 56.4 Å². The smallest absolute Gasteiger partial charge is 0.166 e. The molecule has 2 saturated carbocycles. The van der Waals surface area contributed by atoms with E-state index in [0.717, 1.165) is 35.6 Å². The van der Waals surface area contributed by atoms with Crippen LogP contribution in [0.4, 0.5) is 5.82 Å². The molecule has 0 saturated heterocycles. The summed E-state index contributed by atoms with van der Waals surface area (Å²) in [6, 6.07) is 2.25. The SMILES string of the molecule is Cc1nnc(NCC2CC3CCC2C3)c(C#N)c1C. The molecule has 0 spiro atoms. The summed E-state index contributed by atoms with van der Waals surface area (Å²) >= 11 is 0. The van der Waals surface area contributed by atoms with Crippen molar-refractivity contribution in [3.05, 3.63) is 16.8 Å². The number of anilines is 1. The minimum atomic E-state index is 0.649. The van der Waals surface area contributed by atoms with Crippen LogP contribution in [0.5, 0.6) is 0 Å². The molecule has 1 aromatic heterocycles. The molecule has 3 atom stereocenters. The summed E-state index contributed by atoms with van der Waals surface area (Å²) in [6.45, 7) is 4.77. The highest BCUT2D eigenvalue weighted by Crippen LogP contribution is 2.48. The zero-order chi connectivity index (χ0) is 13.4. The van der Waals surface area contributed by atoms with E-state index in [1.807, 2.05) is 13.8 Å². The zero-order valence-electron chi connectivity index (χ0n) is 11.6. The van der Waals surface area contributed by atoms with Gasteiger partial charge < -0.3 is 5.32 Å². The lowest BCUT2D eigenvalue weighted by molar-refractivity contribution is 0.348. The summed E-state index contributed by atoms with van der Waals surface area (Å²) in [6.07, 6.45) is 5.57. The summed E-state index contributed by atoms with van der Waals surface area (Å²) in [4.78, 5) is 0. The molecule has 0 amide bonds. The van der Waals surface area contributed by atoms with Crippen molar-refractivity contribution in [1.82, 2.24) is 10.2 Å². The summed E-state index contributed by atoms with van der Waals surface area (Å²) in [7, 11) is 0. The van der Waals surface area contributed by atoms with Gasteiger partial charge in [-0.2, -0.15) is 10.4 Å². The first-order chi connectivity index (χ1) is 9.19. The predicted molar refractivity (Wildman–Crippen MR) is 73.6 cm³/mol. The van der Waals surface area contributed by atoms with Crippen molar-refractivity contribution in [3.8, 4) is 6.07 Å². The quantitative estimate of drug-likeness (QED) is 0.903. The Morgan fingerprint density at radius 1 is 1.26 bits per heavy atom. The molecule has 1 N–H and O–H groups in total. The van der Waals surface area contributed by atoms with Crippen LogP contribution in [0, 0.1) is 42.9 Å². The molecule has 2 fully saturated rings. The molecule has 19 heavy (non-hydrogen) atoms. The Balaban J connectivity index is 1.71. The van der Waals surface area contributed by atoms with E-state index in [1.165, 1.54) is 25.7 Å². The van der Waals surface area contributed by atoms with Gasteiger partial charge >= 0.3 is 0 Å². The Morgan fingerprint density at radius 2 is 2.11 bits per heavy atom. The van der Waals surface area contributed by atoms with Gasteiger partial charge in [-0.15, -0.1) is 5.10 Å². The minimum absolute atomic E-state index is 0.649. The van der Waals surface area contributed by atoms with Crippen LogP contribution in [0.25, 0.3) is 0 Å². The fourth-order valence-electron chi connectivity index (χ4n) is 3.72. The van der Waals surface area contributed by atoms with Crippen LogP contribution < -0.4 is 5.32 Å². The van der Waals surface area contributed by atoms with Crippen molar-refractivity contribution in [3.63, 3.8) is 0 Å². The van der Waals surface area contributed by atoms with Gasteiger partial charge in [0, 0.05) is 6.54 Å². The van der Waals surface area contributed by atoms with E-state index >= 15 is 0 Å². The van der Waals surface area contributed by atoms with Gasteiger partial charge in [-0.3, -0.25) is 0 Å². The highest BCUT2D eigenvalue weighted by Gasteiger charge is 2.39. The van der Waals surface area contributed by atoms with Crippen LogP contribution in [0.1, 0.15) is 42.5 Å². The molecular formula is C15H20N4. The topological polar surface area (TPSA) is 61.6 Å².